The van der Waals surface area contributed by atoms with Gasteiger partial charge in [-0.25, -0.2) is 0 Å². The Hall–Kier alpha value is -2.28. The molecule has 0 aliphatic carbocycles. The molecule has 7 heteroatoms. The minimum Gasteiger partial charge on any atom is -0.493 e. The second-order valence-corrected chi connectivity index (χ2v) is 5.06. The average Bonchev–Trinajstić information content (AvgIpc) is 3.03. The van der Waals surface area contributed by atoms with Gasteiger partial charge in [0.05, 0.1) is 13.7 Å². The summed E-state index contributed by atoms with van der Waals surface area (Å²) in [6.07, 6.45) is 0.962. The van der Waals surface area contributed by atoms with Crippen molar-refractivity contribution in [3.8, 4) is 11.5 Å². The Kier molecular flexibility index (Phi) is 5.60. The third-order valence-electron chi connectivity index (χ3n) is 3.37. The van der Waals surface area contributed by atoms with Crippen LogP contribution in [0.5, 0.6) is 11.5 Å². The van der Waals surface area contributed by atoms with E-state index in [0.29, 0.717) is 36.1 Å². The highest BCUT2D eigenvalue weighted by Gasteiger charge is 2.17. The van der Waals surface area contributed by atoms with E-state index in [1.54, 1.807) is 18.2 Å². The molecule has 0 radical (unpaired) electrons. The summed E-state index contributed by atoms with van der Waals surface area (Å²) in [4.78, 5) is 22.9. The Labute approximate surface area is 128 Å². The smallest absolute Gasteiger partial charge is 0.255 e. The first-order valence-corrected chi connectivity index (χ1v) is 7.05. The van der Waals surface area contributed by atoms with Crippen LogP contribution in [-0.4, -0.2) is 45.3 Å². The Morgan fingerprint density at radius 1 is 1.41 bits per heavy atom. The average molecular weight is 308 g/mol. The molecule has 120 valence electrons. The highest BCUT2D eigenvalue weighted by atomic mass is 16.5. The predicted octanol–water partition coefficient (Wildman–Crippen LogP) is 0.326. The Morgan fingerprint density at radius 2 is 2.23 bits per heavy atom. The van der Waals surface area contributed by atoms with Gasteiger partial charge in [-0.05, 0) is 24.6 Å². The normalized spacial score (nSPS) is 17.0. The first kappa shape index (κ1) is 16.1. The maximum atomic E-state index is 12.1. The fourth-order valence-corrected chi connectivity index (χ4v) is 2.16. The zero-order valence-electron chi connectivity index (χ0n) is 12.5. The van der Waals surface area contributed by atoms with Crippen molar-refractivity contribution in [3.63, 3.8) is 0 Å². The Bertz CT molecular complexity index is 541. The van der Waals surface area contributed by atoms with Gasteiger partial charge in [-0.1, -0.05) is 0 Å². The van der Waals surface area contributed by atoms with E-state index in [9.17, 15) is 9.59 Å². The second-order valence-electron chi connectivity index (χ2n) is 5.06. The Balaban J connectivity index is 1.97. The van der Waals surface area contributed by atoms with Crippen molar-refractivity contribution in [2.75, 3.05) is 33.5 Å². The van der Waals surface area contributed by atoms with Crippen LogP contribution in [0.25, 0.3) is 0 Å². The third-order valence-corrected chi connectivity index (χ3v) is 3.37. The number of ether oxygens (including phenoxy) is 3. The lowest BCUT2D eigenvalue weighted by molar-refractivity contribution is -0.119. The lowest BCUT2D eigenvalue weighted by atomic mass is 10.1. The number of benzene rings is 1. The number of hydrogen-bond donors (Lipinski definition) is 2. The lowest BCUT2D eigenvalue weighted by Crippen LogP contribution is -2.29. The first-order chi connectivity index (χ1) is 10.6. The fraction of sp³-hybridized carbons (Fsp3) is 0.467. The van der Waals surface area contributed by atoms with Crippen LogP contribution in [0.2, 0.25) is 0 Å². The van der Waals surface area contributed by atoms with E-state index in [2.05, 4.69) is 5.32 Å². The number of methoxy groups -OCH3 is 1. The molecule has 2 amide bonds. The molecule has 1 atom stereocenters. The summed E-state index contributed by atoms with van der Waals surface area (Å²) < 4.78 is 15.7. The molecule has 7 nitrogen and oxygen atoms in total. The highest BCUT2D eigenvalue weighted by molar-refractivity contribution is 5.94. The zero-order chi connectivity index (χ0) is 15.9. The second kappa shape index (κ2) is 7.65. The fourth-order valence-electron chi connectivity index (χ4n) is 2.16. The Morgan fingerprint density at radius 3 is 2.86 bits per heavy atom. The van der Waals surface area contributed by atoms with Crippen molar-refractivity contribution in [1.29, 1.82) is 0 Å². The summed E-state index contributed by atoms with van der Waals surface area (Å²) in [5.41, 5.74) is 5.49. The van der Waals surface area contributed by atoms with Gasteiger partial charge in [0.1, 0.15) is 0 Å². The van der Waals surface area contributed by atoms with E-state index in [0.717, 1.165) is 13.0 Å². The molecule has 0 bridgehead atoms. The predicted molar refractivity (Wildman–Crippen MR) is 78.9 cm³/mol. The number of carbonyl (C=O) groups is 2. The van der Waals surface area contributed by atoms with E-state index in [-0.39, 0.29) is 12.5 Å². The van der Waals surface area contributed by atoms with Crippen molar-refractivity contribution in [2.45, 2.75) is 6.42 Å². The van der Waals surface area contributed by atoms with Crippen molar-refractivity contribution >= 4 is 11.8 Å². The molecule has 1 heterocycles. The molecule has 1 aromatic rings. The van der Waals surface area contributed by atoms with Crippen LogP contribution in [0.1, 0.15) is 16.8 Å². The largest absolute Gasteiger partial charge is 0.493 e. The van der Waals surface area contributed by atoms with Crippen LogP contribution in [0.15, 0.2) is 18.2 Å². The van der Waals surface area contributed by atoms with Crippen LogP contribution in [-0.2, 0) is 9.53 Å². The van der Waals surface area contributed by atoms with Crippen LogP contribution in [0.3, 0.4) is 0 Å². The standard InChI is InChI=1S/C15H20N2O5/c1-20-13-6-11(2-3-12(13)22-9-14(16)18)15(19)17-7-10-4-5-21-8-10/h2-3,6,10H,4-5,7-9H2,1H3,(H2,16,18)(H,17,19)/t10-/m0/s1. The number of carbonyl (C=O) groups excluding carboxylic acids is 2. The van der Waals surface area contributed by atoms with Gasteiger partial charge >= 0.3 is 0 Å². The van der Waals surface area contributed by atoms with E-state index < -0.39 is 5.91 Å². The van der Waals surface area contributed by atoms with Gasteiger partial charge in [-0.2, -0.15) is 0 Å². The minimum atomic E-state index is -0.581. The van der Waals surface area contributed by atoms with Crippen LogP contribution in [0.4, 0.5) is 0 Å². The molecule has 1 aliphatic heterocycles. The molecule has 1 aromatic carbocycles. The van der Waals surface area contributed by atoms with Crippen molar-refractivity contribution in [1.82, 2.24) is 5.32 Å². The number of hydrogen-bond acceptors (Lipinski definition) is 5. The SMILES string of the molecule is COc1cc(C(=O)NC[C@@H]2CCOC2)ccc1OCC(N)=O. The van der Waals surface area contributed by atoms with Crippen LogP contribution < -0.4 is 20.5 Å². The summed E-state index contributed by atoms with van der Waals surface area (Å²) in [7, 11) is 1.46. The molecule has 0 unspecified atom stereocenters. The quantitative estimate of drug-likeness (QED) is 0.756. The van der Waals surface area contributed by atoms with Gasteiger partial charge in [0.2, 0.25) is 0 Å². The van der Waals surface area contributed by atoms with Gasteiger partial charge in [0.15, 0.2) is 18.1 Å². The van der Waals surface area contributed by atoms with E-state index in [1.165, 1.54) is 7.11 Å². The lowest BCUT2D eigenvalue weighted by Gasteiger charge is -2.12. The summed E-state index contributed by atoms with van der Waals surface area (Å²) in [5.74, 6) is 0.332. The van der Waals surface area contributed by atoms with Gasteiger partial charge < -0.3 is 25.3 Å². The van der Waals surface area contributed by atoms with Crippen LogP contribution >= 0.6 is 0 Å². The van der Waals surface area contributed by atoms with Crippen molar-refractivity contribution < 1.29 is 23.8 Å². The number of primary amides is 1. The molecule has 0 aromatic heterocycles. The highest BCUT2D eigenvalue weighted by Crippen LogP contribution is 2.28. The molecular formula is C15H20N2O5. The molecule has 22 heavy (non-hydrogen) atoms. The molecular weight excluding hydrogens is 288 g/mol. The maximum Gasteiger partial charge on any atom is 0.255 e. The van der Waals surface area contributed by atoms with Gasteiger partial charge in [-0.15, -0.1) is 0 Å². The molecule has 2 rings (SSSR count). The molecule has 1 aliphatic rings. The number of rotatable bonds is 7. The third kappa shape index (κ3) is 4.36. The van der Waals surface area contributed by atoms with E-state index in [4.69, 9.17) is 19.9 Å². The monoisotopic (exact) mass is 308 g/mol. The maximum absolute atomic E-state index is 12.1. The van der Waals surface area contributed by atoms with E-state index >= 15 is 0 Å². The molecule has 0 saturated carbocycles. The molecule has 1 fully saturated rings. The van der Waals surface area contributed by atoms with Crippen LogP contribution in [0, 0.1) is 5.92 Å². The summed E-state index contributed by atoms with van der Waals surface area (Å²) >= 11 is 0. The number of nitrogens with one attached hydrogen (secondary N) is 1. The van der Waals surface area contributed by atoms with Gasteiger partial charge in [0.25, 0.3) is 11.8 Å². The molecule has 0 spiro atoms. The van der Waals surface area contributed by atoms with Crippen molar-refractivity contribution in [2.24, 2.45) is 11.7 Å². The summed E-state index contributed by atoms with van der Waals surface area (Å²) in [6.45, 7) is 1.77. The summed E-state index contributed by atoms with van der Waals surface area (Å²) in [5, 5.41) is 2.87. The van der Waals surface area contributed by atoms with Gasteiger partial charge in [-0.3, -0.25) is 9.59 Å². The number of nitrogens with two attached hydrogens (primary N) is 1. The first-order valence-electron chi connectivity index (χ1n) is 7.05. The topological polar surface area (TPSA) is 99.9 Å². The van der Waals surface area contributed by atoms with Gasteiger partial charge in [0, 0.05) is 24.6 Å². The summed E-state index contributed by atoms with van der Waals surface area (Å²) in [6, 6.07) is 4.76. The minimum absolute atomic E-state index is 0.188. The van der Waals surface area contributed by atoms with E-state index in [1.807, 2.05) is 0 Å². The molecule has 3 N–H and O–H groups in total. The zero-order valence-corrected chi connectivity index (χ0v) is 12.5. The molecule has 1 saturated heterocycles. The van der Waals surface area contributed by atoms with Crippen molar-refractivity contribution in [3.05, 3.63) is 23.8 Å². The number of amides is 2.